The zero-order valence-electron chi connectivity index (χ0n) is 31.3. The molecule has 0 fully saturated rings. The predicted molar refractivity (Wildman–Crippen MR) is 210 cm³/mol. The van der Waals surface area contributed by atoms with Gasteiger partial charge in [0.1, 0.15) is 28.8 Å². The van der Waals surface area contributed by atoms with Gasteiger partial charge in [0.05, 0.1) is 57.0 Å². The normalized spacial score (nSPS) is 12.4. The smallest absolute Gasteiger partial charge is 0.408 e. The number of ether oxygens (including phenoxy) is 2. The number of rotatable bonds is 12. The van der Waals surface area contributed by atoms with Crippen LogP contribution < -0.4 is 20.3 Å². The van der Waals surface area contributed by atoms with Gasteiger partial charge >= 0.3 is 12.1 Å². The van der Waals surface area contributed by atoms with E-state index in [9.17, 15) is 36.7 Å². The number of fused-ring (bicyclic) bond motifs is 2. The maximum atomic E-state index is 14.7. The summed E-state index contributed by atoms with van der Waals surface area (Å²) in [6.45, 7) is 4.85. The van der Waals surface area contributed by atoms with E-state index in [-0.39, 0.29) is 73.9 Å². The number of hydrogen-bond acceptors (Lipinski definition) is 9. The first kappa shape index (κ1) is 40.6. The maximum Gasteiger partial charge on any atom is 0.408 e. The Morgan fingerprint density at radius 3 is 2.32 bits per heavy atom. The van der Waals surface area contributed by atoms with Gasteiger partial charge in [-0.1, -0.05) is 29.8 Å². The molecule has 0 unspecified atom stereocenters. The molecule has 0 spiro atoms. The lowest BCUT2D eigenvalue weighted by atomic mass is 10.0. The number of carbonyl (C=O) groups is 2. The number of hydrogen-bond donors (Lipinski definition) is 3. The average molecular weight is 823 g/mol. The van der Waals surface area contributed by atoms with Crippen LogP contribution in [0.1, 0.15) is 54.1 Å². The van der Waals surface area contributed by atoms with E-state index in [0.717, 1.165) is 22.3 Å². The molecule has 4 aromatic carbocycles. The fourth-order valence-electron chi connectivity index (χ4n) is 6.34. The number of halogens is 3. The molecule has 298 valence electrons. The minimum absolute atomic E-state index is 0.0459. The Morgan fingerprint density at radius 2 is 1.68 bits per heavy atom. The number of amides is 1. The first-order valence-electron chi connectivity index (χ1n) is 17.4. The van der Waals surface area contributed by atoms with Crippen molar-refractivity contribution in [2.45, 2.75) is 45.3 Å². The lowest BCUT2D eigenvalue weighted by molar-refractivity contribution is 0.0499. The molecule has 0 aliphatic rings. The van der Waals surface area contributed by atoms with Crippen LogP contribution >= 0.6 is 11.6 Å². The third-order valence-corrected chi connectivity index (χ3v) is 10.3. The van der Waals surface area contributed by atoms with Crippen molar-refractivity contribution in [2.75, 3.05) is 17.6 Å². The fourth-order valence-corrected chi connectivity index (χ4v) is 7.62. The number of carbonyl (C=O) groups excluding carboxylic acids is 1. The lowest BCUT2D eigenvalue weighted by Crippen LogP contribution is -2.39. The summed E-state index contributed by atoms with van der Waals surface area (Å²) in [5.74, 6) is -3.34. The molecule has 18 heteroatoms. The number of aromatic carboxylic acids is 1. The summed E-state index contributed by atoms with van der Waals surface area (Å²) in [6, 6.07) is 15.1. The summed E-state index contributed by atoms with van der Waals surface area (Å²) in [4.78, 5) is 45.1. The molecule has 0 saturated carbocycles. The third kappa shape index (κ3) is 8.99. The lowest BCUT2D eigenvalue weighted by Gasteiger charge is -2.26. The quantitative estimate of drug-likeness (QED) is 0.120. The van der Waals surface area contributed by atoms with Gasteiger partial charge in [-0.3, -0.25) is 18.8 Å². The largest absolute Gasteiger partial charge is 0.497 e. The summed E-state index contributed by atoms with van der Waals surface area (Å²) < 4.78 is 71.4. The number of aromatic nitrogens is 4. The summed E-state index contributed by atoms with van der Waals surface area (Å²) in [6.07, 6.45) is -1.18. The van der Waals surface area contributed by atoms with E-state index in [1.165, 1.54) is 49.2 Å². The van der Waals surface area contributed by atoms with Gasteiger partial charge in [-0.05, 0) is 86.8 Å². The highest BCUT2D eigenvalue weighted by atomic mass is 35.5. The van der Waals surface area contributed by atoms with Crippen LogP contribution in [-0.4, -0.2) is 63.4 Å². The SMILES string of the molecule is COc1ccc(CCS(=O)(=O)Nc2nn(C)c3c(-n4c([C@H](Cc5cc(F)cc(F)c5)NC(=O)OC(C)(C)C)nc5c(C(=O)O)cccc5c4=O)ccc(Cl)c23)cc1. The number of aryl methyl sites for hydroxylation is 2. The van der Waals surface area contributed by atoms with E-state index < -0.39 is 50.9 Å². The molecule has 3 N–H and O–H groups in total. The number of carboxylic acid groups (broad SMARTS) is 1. The summed E-state index contributed by atoms with van der Waals surface area (Å²) in [7, 11) is -1.02. The van der Waals surface area contributed by atoms with E-state index in [1.807, 2.05) is 0 Å². The molecule has 57 heavy (non-hydrogen) atoms. The molecule has 6 aromatic rings. The van der Waals surface area contributed by atoms with Crippen LogP contribution in [0.2, 0.25) is 5.02 Å². The second kappa shape index (κ2) is 15.8. The fraction of sp³-hybridized carbons (Fsp3) is 0.256. The highest BCUT2D eigenvalue weighted by molar-refractivity contribution is 7.92. The summed E-state index contributed by atoms with van der Waals surface area (Å²) in [5.41, 5.74) is -1.39. The molecule has 2 aromatic heterocycles. The molecule has 6 rings (SSSR count). The number of benzene rings is 4. The molecule has 0 aliphatic carbocycles. The maximum absolute atomic E-state index is 14.7. The number of nitrogens with one attached hydrogen (secondary N) is 2. The van der Waals surface area contributed by atoms with Gasteiger partial charge in [0.2, 0.25) is 10.0 Å². The molecule has 0 radical (unpaired) electrons. The van der Waals surface area contributed by atoms with E-state index in [1.54, 1.807) is 45.0 Å². The first-order chi connectivity index (χ1) is 26.8. The van der Waals surface area contributed by atoms with Crippen molar-refractivity contribution in [3.63, 3.8) is 0 Å². The number of sulfonamides is 1. The van der Waals surface area contributed by atoms with Gasteiger partial charge in [-0.15, -0.1) is 0 Å². The second-order valence-corrected chi connectivity index (χ2v) is 16.3. The molecule has 1 atom stereocenters. The van der Waals surface area contributed by atoms with Crippen LogP contribution in [0.3, 0.4) is 0 Å². The van der Waals surface area contributed by atoms with Gasteiger partial charge in [-0.25, -0.2) is 31.8 Å². The van der Waals surface area contributed by atoms with Gasteiger partial charge in [0, 0.05) is 19.5 Å². The van der Waals surface area contributed by atoms with Crippen molar-refractivity contribution < 1.29 is 41.4 Å². The van der Waals surface area contributed by atoms with E-state index in [2.05, 4.69) is 20.1 Å². The zero-order chi connectivity index (χ0) is 41.4. The van der Waals surface area contributed by atoms with Gasteiger partial charge < -0.3 is 19.9 Å². The molecule has 0 aliphatic heterocycles. The second-order valence-electron chi connectivity index (χ2n) is 14.1. The standard InChI is InChI=1S/C39H37ClF2N6O8S/c1-39(2,3)56-38(52)43-29(19-22-17-23(41)20-24(42)18-22)35-44-32-26(7-6-8-27(32)37(50)51)36(49)48(35)30-14-13-28(40)31-33(30)47(4)45-34(31)46-57(53,54)16-15-21-9-11-25(55-5)12-10-21/h6-14,17-18,20,29H,15-16,19H2,1-5H3,(H,43,52)(H,45,46)(H,50,51)/t29-/m0/s1. The van der Waals surface area contributed by atoms with E-state index >= 15 is 0 Å². The van der Waals surface area contributed by atoms with E-state index in [4.69, 9.17) is 21.1 Å². The zero-order valence-corrected chi connectivity index (χ0v) is 32.8. The Kier molecular flexibility index (Phi) is 11.3. The molecule has 1 amide bonds. The van der Waals surface area contributed by atoms with E-state index in [0.29, 0.717) is 11.8 Å². The number of methoxy groups -OCH3 is 1. The van der Waals surface area contributed by atoms with Crippen LogP contribution in [0.15, 0.2) is 77.6 Å². The minimum atomic E-state index is -4.04. The Labute approximate surface area is 330 Å². The third-order valence-electron chi connectivity index (χ3n) is 8.75. The highest BCUT2D eigenvalue weighted by Gasteiger charge is 2.30. The van der Waals surface area contributed by atoms with Crippen LogP contribution in [-0.2, 0) is 34.6 Å². The van der Waals surface area contributed by atoms with Crippen molar-refractivity contribution >= 4 is 61.3 Å². The molecule has 14 nitrogen and oxygen atoms in total. The number of nitrogens with zero attached hydrogens (tertiary/aromatic N) is 4. The molecule has 2 heterocycles. The Morgan fingerprint density at radius 1 is 1.00 bits per heavy atom. The number of anilines is 1. The molecule has 0 bridgehead atoms. The summed E-state index contributed by atoms with van der Waals surface area (Å²) >= 11 is 6.71. The Bertz CT molecular complexity index is 2690. The monoisotopic (exact) mass is 822 g/mol. The number of para-hydroxylation sites is 1. The number of carboxylic acids is 1. The topological polar surface area (TPSA) is 184 Å². The van der Waals surface area contributed by atoms with Crippen LogP contribution in [0.4, 0.5) is 19.4 Å². The highest BCUT2D eigenvalue weighted by Crippen LogP contribution is 2.36. The Balaban J connectivity index is 1.55. The van der Waals surface area contributed by atoms with Crippen molar-refractivity contribution in [3.8, 4) is 11.4 Å². The minimum Gasteiger partial charge on any atom is -0.497 e. The van der Waals surface area contributed by atoms with Crippen LogP contribution in [0, 0.1) is 11.6 Å². The van der Waals surface area contributed by atoms with Crippen LogP contribution in [0.25, 0.3) is 27.5 Å². The predicted octanol–water partition coefficient (Wildman–Crippen LogP) is 6.70. The van der Waals surface area contributed by atoms with Crippen molar-refractivity contribution in [3.05, 3.63) is 122 Å². The number of alkyl carbamates (subject to hydrolysis) is 1. The van der Waals surface area contributed by atoms with Gasteiger partial charge in [-0.2, -0.15) is 5.10 Å². The average Bonchev–Trinajstić information content (AvgIpc) is 3.45. The van der Waals surface area contributed by atoms with Crippen molar-refractivity contribution in [1.82, 2.24) is 24.6 Å². The van der Waals surface area contributed by atoms with Gasteiger partial charge in [0.25, 0.3) is 5.56 Å². The molecular formula is C39H37ClF2N6O8S. The first-order valence-corrected chi connectivity index (χ1v) is 19.4. The van der Waals surface area contributed by atoms with Crippen LogP contribution in [0.5, 0.6) is 5.75 Å². The molecule has 0 saturated heterocycles. The van der Waals surface area contributed by atoms with Crippen molar-refractivity contribution in [1.29, 1.82) is 0 Å². The van der Waals surface area contributed by atoms with Crippen molar-refractivity contribution in [2.24, 2.45) is 7.05 Å². The van der Waals surface area contributed by atoms with Gasteiger partial charge in [0.15, 0.2) is 5.82 Å². The molecular weight excluding hydrogens is 786 g/mol. The Hall–Kier alpha value is -6.07. The summed E-state index contributed by atoms with van der Waals surface area (Å²) in [5, 5.41) is 17.2.